The molecule has 3 aliphatic rings. The molecule has 2 N–H and O–H groups in total. The summed E-state index contributed by atoms with van der Waals surface area (Å²) in [7, 11) is 0. The highest BCUT2D eigenvalue weighted by Gasteiger charge is 2.38. The van der Waals surface area contributed by atoms with Crippen LogP contribution in [-0.2, 0) is 9.53 Å². The Balaban J connectivity index is 1.41. The van der Waals surface area contributed by atoms with Crippen LogP contribution < -0.4 is 10.6 Å². The van der Waals surface area contributed by atoms with Gasteiger partial charge < -0.3 is 15.4 Å². The molecule has 0 spiro atoms. The van der Waals surface area contributed by atoms with E-state index in [9.17, 15) is 4.79 Å². The molecule has 0 aromatic heterocycles. The topological polar surface area (TPSA) is 50.4 Å². The Morgan fingerprint density at radius 1 is 1.38 bits per heavy atom. The third kappa shape index (κ3) is 1.96. The molecule has 0 radical (unpaired) electrons. The van der Waals surface area contributed by atoms with E-state index in [1.165, 1.54) is 6.42 Å². The number of ether oxygens (including phenoxy) is 1. The summed E-state index contributed by atoms with van der Waals surface area (Å²) in [6, 6.07) is 0. The van der Waals surface area contributed by atoms with Crippen molar-refractivity contribution >= 4 is 5.91 Å². The molecule has 4 heteroatoms. The minimum Gasteiger partial charge on any atom is -0.371 e. The lowest BCUT2D eigenvalue weighted by molar-refractivity contribution is -0.128. The fourth-order valence-corrected chi connectivity index (χ4v) is 2.90. The van der Waals surface area contributed by atoms with Crippen molar-refractivity contribution in [2.75, 3.05) is 19.6 Å². The lowest BCUT2D eigenvalue weighted by atomic mass is 9.85. The second kappa shape index (κ2) is 4.34. The molecule has 4 nitrogen and oxygen atoms in total. The Bertz CT molecular complexity index is 266. The minimum atomic E-state index is 0.241. The van der Waals surface area contributed by atoms with Gasteiger partial charge in [-0.05, 0) is 19.3 Å². The highest BCUT2D eigenvalue weighted by atomic mass is 16.5. The molecule has 0 unspecified atom stereocenters. The second-order valence-corrected chi connectivity index (χ2v) is 5.32. The first kappa shape index (κ1) is 10.5. The summed E-state index contributed by atoms with van der Waals surface area (Å²) in [6.45, 7) is 2.78. The predicted molar refractivity (Wildman–Crippen MR) is 60.0 cm³/mol. The monoisotopic (exact) mass is 224 g/mol. The standard InChI is InChI=1S/C12H20N2O2/c15-12(8-2-1-3-8)14-6-10-4-9-5-13-7-11(9)16-10/h8-11,13H,1-7H2,(H,14,15)/t9-,10-,11+/m1/s1. The van der Waals surface area contributed by atoms with Crippen LogP contribution in [0.15, 0.2) is 0 Å². The summed E-state index contributed by atoms with van der Waals surface area (Å²) in [5, 5.41) is 6.37. The summed E-state index contributed by atoms with van der Waals surface area (Å²) < 4.78 is 5.89. The molecule has 3 rings (SSSR count). The van der Waals surface area contributed by atoms with Gasteiger partial charge in [-0.15, -0.1) is 0 Å². The number of hydrogen-bond donors (Lipinski definition) is 2. The van der Waals surface area contributed by atoms with Crippen LogP contribution in [0.25, 0.3) is 0 Å². The average Bonchev–Trinajstić information content (AvgIpc) is 2.70. The van der Waals surface area contributed by atoms with Gasteiger partial charge in [0.05, 0.1) is 12.2 Å². The summed E-state index contributed by atoms with van der Waals surface area (Å²) in [6.07, 6.45) is 5.11. The summed E-state index contributed by atoms with van der Waals surface area (Å²) in [4.78, 5) is 11.6. The van der Waals surface area contributed by atoms with Crippen molar-refractivity contribution in [3.05, 3.63) is 0 Å². The van der Waals surface area contributed by atoms with Gasteiger partial charge in [0.2, 0.25) is 5.91 Å². The van der Waals surface area contributed by atoms with Crippen LogP contribution in [0.1, 0.15) is 25.7 Å². The molecular formula is C12H20N2O2. The molecule has 0 aromatic carbocycles. The van der Waals surface area contributed by atoms with E-state index in [-0.39, 0.29) is 12.0 Å². The molecular weight excluding hydrogens is 204 g/mol. The first-order valence-corrected chi connectivity index (χ1v) is 6.47. The first-order valence-electron chi connectivity index (χ1n) is 6.47. The van der Waals surface area contributed by atoms with E-state index in [0.717, 1.165) is 32.4 Å². The van der Waals surface area contributed by atoms with E-state index in [0.29, 0.717) is 24.5 Å². The number of nitrogens with one attached hydrogen (secondary N) is 2. The molecule has 2 saturated heterocycles. The van der Waals surface area contributed by atoms with Crippen molar-refractivity contribution in [1.29, 1.82) is 0 Å². The third-order valence-corrected chi connectivity index (χ3v) is 4.19. The number of rotatable bonds is 3. The molecule has 90 valence electrons. The zero-order valence-corrected chi connectivity index (χ0v) is 9.58. The van der Waals surface area contributed by atoms with Gasteiger partial charge in [-0.2, -0.15) is 0 Å². The Morgan fingerprint density at radius 2 is 2.25 bits per heavy atom. The van der Waals surface area contributed by atoms with Gasteiger partial charge in [0.1, 0.15) is 0 Å². The van der Waals surface area contributed by atoms with Crippen molar-refractivity contribution in [3.63, 3.8) is 0 Å². The maximum absolute atomic E-state index is 11.6. The molecule has 2 aliphatic heterocycles. The van der Waals surface area contributed by atoms with Gasteiger partial charge in [-0.3, -0.25) is 4.79 Å². The average molecular weight is 224 g/mol. The Labute approximate surface area is 96.1 Å². The van der Waals surface area contributed by atoms with Gasteiger partial charge in [0, 0.05) is 31.5 Å². The van der Waals surface area contributed by atoms with Gasteiger partial charge in [-0.25, -0.2) is 0 Å². The summed E-state index contributed by atoms with van der Waals surface area (Å²) in [5.41, 5.74) is 0. The molecule has 1 saturated carbocycles. The van der Waals surface area contributed by atoms with Crippen molar-refractivity contribution in [2.45, 2.75) is 37.9 Å². The lowest BCUT2D eigenvalue weighted by Crippen LogP contribution is -2.39. The van der Waals surface area contributed by atoms with Crippen molar-refractivity contribution in [3.8, 4) is 0 Å². The molecule has 1 amide bonds. The fourth-order valence-electron chi connectivity index (χ4n) is 2.90. The van der Waals surface area contributed by atoms with Crippen LogP contribution in [0.4, 0.5) is 0 Å². The quantitative estimate of drug-likeness (QED) is 0.724. The largest absolute Gasteiger partial charge is 0.371 e. The number of fused-ring (bicyclic) bond motifs is 1. The van der Waals surface area contributed by atoms with Crippen molar-refractivity contribution in [1.82, 2.24) is 10.6 Å². The highest BCUT2D eigenvalue weighted by Crippen LogP contribution is 2.29. The number of hydrogen-bond acceptors (Lipinski definition) is 3. The Hall–Kier alpha value is -0.610. The fraction of sp³-hybridized carbons (Fsp3) is 0.917. The van der Waals surface area contributed by atoms with Gasteiger partial charge in [0.15, 0.2) is 0 Å². The molecule has 1 aliphatic carbocycles. The predicted octanol–water partition coefficient (Wildman–Crippen LogP) is 0.280. The molecule has 2 heterocycles. The molecule has 3 atom stereocenters. The number of carbonyl (C=O) groups excluding carboxylic acids is 1. The van der Waals surface area contributed by atoms with E-state index in [1.54, 1.807) is 0 Å². The van der Waals surface area contributed by atoms with Crippen LogP contribution in [0.2, 0.25) is 0 Å². The number of amides is 1. The maximum atomic E-state index is 11.6. The smallest absolute Gasteiger partial charge is 0.223 e. The van der Waals surface area contributed by atoms with E-state index < -0.39 is 0 Å². The Kier molecular flexibility index (Phi) is 2.86. The SMILES string of the molecule is O=C(NC[C@H]1C[C@@H]2CNC[C@@H]2O1)C1CCC1. The minimum absolute atomic E-state index is 0.241. The lowest BCUT2D eigenvalue weighted by Gasteiger charge is -2.25. The molecule has 16 heavy (non-hydrogen) atoms. The van der Waals surface area contributed by atoms with Crippen LogP contribution >= 0.6 is 0 Å². The molecule has 0 aromatic rings. The zero-order chi connectivity index (χ0) is 11.0. The summed E-state index contributed by atoms with van der Waals surface area (Å²) >= 11 is 0. The van der Waals surface area contributed by atoms with Crippen LogP contribution in [-0.4, -0.2) is 37.7 Å². The van der Waals surface area contributed by atoms with Crippen LogP contribution in [0, 0.1) is 11.8 Å². The van der Waals surface area contributed by atoms with Crippen LogP contribution in [0.3, 0.4) is 0 Å². The maximum Gasteiger partial charge on any atom is 0.223 e. The van der Waals surface area contributed by atoms with Crippen LogP contribution in [0.5, 0.6) is 0 Å². The van der Waals surface area contributed by atoms with Gasteiger partial charge in [0.25, 0.3) is 0 Å². The zero-order valence-electron chi connectivity index (χ0n) is 9.58. The third-order valence-electron chi connectivity index (χ3n) is 4.19. The van der Waals surface area contributed by atoms with E-state index in [4.69, 9.17) is 4.74 Å². The summed E-state index contributed by atoms with van der Waals surface area (Å²) in [5.74, 6) is 1.21. The molecule has 0 bridgehead atoms. The van der Waals surface area contributed by atoms with E-state index in [1.807, 2.05) is 0 Å². The van der Waals surface area contributed by atoms with Gasteiger partial charge >= 0.3 is 0 Å². The van der Waals surface area contributed by atoms with Gasteiger partial charge in [-0.1, -0.05) is 6.42 Å². The molecule has 3 fully saturated rings. The first-order chi connectivity index (χ1) is 7.83. The highest BCUT2D eigenvalue weighted by molar-refractivity contribution is 5.79. The van der Waals surface area contributed by atoms with E-state index >= 15 is 0 Å². The van der Waals surface area contributed by atoms with Crippen molar-refractivity contribution < 1.29 is 9.53 Å². The van der Waals surface area contributed by atoms with E-state index in [2.05, 4.69) is 10.6 Å². The normalized spacial score (nSPS) is 38.1. The van der Waals surface area contributed by atoms with Crippen molar-refractivity contribution in [2.24, 2.45) is 11.8 Å². The second-order valence-electron chi connectivity index (χ2n) is 5.32. The Morgan fingerprint density at radius 3 is 2.94 bits per heavy atom. The number of carbonyl (C=O) groups is 1.